The van der Waals surface area contributed by atoms with Gasteiger partial charge >= 0.3 is 34.2 Å². The van der Waals surface area contributed by atoms with Crippen molar-refractivity contribution in [1.82, 2.24) is 0 Å². The highest BCUT2D eigenvalue weighted by molar-refractivity contribution is 7.04. The maximum atomic E-state index is 7.13. The van der Waals surface area contributed by atoms with Crippen molar-refractivity contribution in [1.29, 1.82) is 0 Å². The molecule has 1 heterocycles. The van der Waals surface area contributed by atoms with Crippen molar-refractivity contribution in [2.75, 3.05) is 0 Å². The molecule has 0 N–H and O–H groups in total. The summed E-state index contributed by atoms with van der Waals surface area (Å²) in [6, 6.07) is 30.7. The third-order valence-corrected chi connectivity index (χ3v) is 23.3. The minimum Gasteiger partial charge on any atom is -0.409 e. The average Bonchev–Trinajstić information content (AvgIpc) is 2.80. The van der Waals surface area contributed by atoms with E-state index in [-0.39, 0.29) is 0 Å². The lowest BCUT2D eigenvalue weighted by Crippen LogP contribution is -2.75. The van der Waals surface area contributed by atoms with Crippen molar-refractivity contribution < 1.29 is 16.5 Å². The molecule has 4 nitrogen and oxygen atoms in total. The molecule has 1 aliphatic rings. The Hall–Kier alpha value is -1.89. The molecule has 0 aliphatic carbocycles. The highest BCUT2D eigenvalue weighted by atomic mass is 28.5. The minimum atomic E-state index is -2.95. The van der Waals surface area contributed by atoms with E-state index in [0.29, 0.717) is 0 Å². The van der Waals surface area contributed by atoms with E-state index in [1.54, 1.807) is 0 Å². The second kappa shape index (κ2) is 8.80. The summed E-state index contributed by atoms with van der Waals surface area (Å²) >= 11 is 0. The first-order valence-electron chi connectivity index (χ1n) is 10.8. The maximum absolute atomic E-state index is 7.13. The third-order valence-electron chi connectivity index (χ3n) is 5.84. The summed E-state index contributed by atoms with van der Waals surface area (Å²) in [5, 5.41) is 3.19. The van der Waals surface area contributed by atoms with Gasteiger partial charge in [-0.1, -0.05) is 96.7 Å². The molecule has 3 aromatic rings. The van der Waals surface area contributed by atoms with Gasteiger partial charge in [-0.05, 0) is 41.7 Å². The molecule has 8 heteroatoms. The molecule has 2 unspecified atom stereocenters. The second-order valence-electron chi connectivity index (χ2n) is 8.56. The first kappa shape index (κ1) is 23.3. The largest absolute Gasteiger partial charge is 0.409 e. The van der Waals surface area contributed by atoms with Crippen LogP contribution in [-0.4, -0.2) is 34.2 Å². The quantitative estimate of drug-likeness (QED) is 0.517. The van der Waals surface area contributed by atoms with E-state index >= 15 is 0 Å². The monoisotopic (exact) mass is 494 g/mol. The van der Waals surface area contributed by atoms with Crippen LogP contribution in [0.3, 0.4) is 0 Å². The maximum Gasteiger partial charge on any atom is 0.352 e. The van der Waals surface area contributed by atoms with Gasteiger partial charge in [-0.15, -0.1) is 6.58 Å². The van der Waals surface area contributed by atoms with Crippen LogP contribution in [0.4, 0.5) is 0 Å². The first-order chi connectivity index (χ1) is 15.2. The fourth-order valence-electron chi connectivity index (χ4n) is 4.26. The van der Waals surface area contributed by atoms with Crippen LogP contribution in [0.2, 0.25) is 26.2 Å². The van der Waals surface area contributed by atoms with Gasteiger partial charge in [0.15, 0.2) is 0 Å². The number of hydrogen-bond acceptors (Lipinski definition) is 4. The van der Waals surface area contributed by atoms with Gasteiger partial charge in [0.25, 0.3) is 0 Å². The Labute approximate surface area is 195 Å². The van der Waals surface area contributed by atoms with Crippen LogP contribution >= 0.6 is 0 Å². The van der Waals surface area contributed by atoms with E-state index in [1.807, 2.05) is 66.8 Å². The van der Waals surface area contributed by atoms with Gasteiger partial charge in [-0.2, -0.15) is 0 Å². The van der Waals surface area contributed by atoms with E-state index in [2.05, 4.69) is 62.6 Å². The molecule has 4 rings (SSSR count). The summed E-state index contributed by atoms with van der Waals surface area (Å²) in [5.74, 6) is 0. The van der Waals surface area contributed by atoms with Crippen LogP contribution in [0.15, 0.2) is 103 Å². The molecule has 0 aromatic heterocycles. The van der Waals surface area contributed by atoms with Gasteiger partial charge in [0.1, 0.15) is 0 Å². The van der Waals surface area contributed by atoms with Crippen LogP contribution in [0, 0.1) is 0 Å². The molecular weight excluding hydrogens is 465 g/mol. The van der Waals surface area contributed by atoms with Crippen molar-refractivity contribution in [2.24, 2.45) is 0 Å². The fraction of sp³-hybridized carbons (Fsp3) is 0.167. The summed E-state index contributed by atoms with van der Waals surface area (Å²) in [5.41, 5.74) is 1.86. The topological polar surface area (TPSA) is 36.9 Å². The highest BCUT2D eigenvalue weighted by Crippen LogP contribution is 2.31. The Kier molecular flexibility index (Phi) is 6.40. The molecule has 1 saturated heterocycles. The lowest BCUT2D eigenvalue weighted by molar-refractivity contribution is 0.253. The lowest BCUT2D eigenvalue weighted by atomic mass is 10.4. The zero-order valence-corrected chi connectivity index (χ0v) is 23.1. The third kappa shape index (κ3) is 4.59. The van der Waals surface area contributed by atoms with E-state index < -0.39 is 34.2 Å². The molecule has 0 amide bonds. The lowest BCUT2D eigenvalue weighted by Gasteiger charge is -2.49. The van der Waals surface area contributed by atoms with Crippen LogP contribution < -0.4 is 15.6 Å². The zero-order chi connectivity index (χ0) is 22.9. The van der Waals surface area contributed by atoms with E-state index in [4.69, 9.17) is 16.5 Å². The van der Waals surface area contributed by atoms with Crippen molar-refractivity contribution in [3.63, 3.8) is 0 Å². The van der Waals surface area contributed by atoms with Crippen LogP contribution in [0.1, 0.15) is 0 Å². The van der Waals surface area contributed by atoms with Crippen LogP contribution in [-0.2, 0) is 16.5 Å². The molecule has 0 spiro atoms. The Bertz CT molecular complexity index is 1010. The Balaban J connectivity index is 1.90. The standard InChI is InChI=1S/C24H30O4Si4/c1-6-29(2)25-30(3,22-16-10-7-11-17-22)27-32(5,24-20-14-9-15-21-24)28-31(4,26-29)23-18-12-8-13-19-23/h6-21H,1H2,2-5H3. The molecule has 2 atom stereocenters. The molecule has 1 fully saturated rings. The average molecular weight is 495 g/mol. The van der Waals surface area contributed by atoms with Gasteiger partial charge < -0.3 is 16.5 Å². The van der Waals surface area contributed by atoms with Gasteiger partial charge in [-0.3, -0.25) is 0 Å². The normalized spacial score (nSPS) is 33.1. The smallest absolute Gasteiger partial charge is 0.352 e. The van der Waals surface area contributed by atoms with Crippen molar-refractivity contribution in [3.8, 4) is 0 Å². The molecular formula is C24H30O4Si4. The fourth-order valence-corrected chi connectivity index (χ4v) is 24.4. The molecule has 0 saturated carbocycles. The predicted octanol–water partition coefficient (Wildman–Crippen LogP) is 3.80. The predicted molar refractivity (Wildman–Crippen MR) is 139 cm³/mol. The minimum absolute atomic E-state index is 1.06. The van der Waals surface area contributed by atoms with Gasteiger partial charge in [0.05, 0.1) is 0 Å². The Morgan fingerprint density at radius 2 is 0.781 bits per heavy atom. The summed E-state index contributed by atoms with van der Waals surface area (Å²) in [6.07, 6.45) is 0. The van der Waals surface area contributed by atoms with Crippen molar-refractivity contribution >= 4 is 49.8 Å². The number of rotatable bonds is 4. The summed E-state index contributed by atoms with van der Waals surface area (Å²) < 4.78 is 28.1. The first-order valence-corrected chi connectivity index (χ1v) is 20.2. The van der Waals surface area contributed by atoms with E-state index in [9.17, 15) is 0 Å². The van der Waals surface area contributed by atoms with Gasteiger partial charge in [0.2, 0.25) is 0 Å². The van der Waals surface area contributed by atoms with Crippen LogP contribution in [0.25, 0.3) is 0 Å². The molecule has 32 heavy (non-hydrogen) atoms. The Morgan fingerprint density at radius 1 is 0.500 bits per heavy atom. The summed E-state index contributed by atoms with van der Waals surface area (Å²) in [7, 11) is -11.6. The molecule has 166 valence electrons. The number of hydrogen-bond donors (Lipinski definition) is 0. The number of benzene rings is 3. The Morgan fingerprint density at radius 3 is 1.06 bits per heavy atom. The van der Waals surface area contributed by atoms with Gasteiger partial charge in [0, 0.05) is 0 Å². The summed E-state index contributed by atoms with van der Waals surface area (Å²) in [4.78, 5) is 0. The molecule has 0 bridgehead atoms. The van der Waals surface area contributed by atoms with Crippen molar-refractivity contribution in [3.05, 3.63) is 103 Å². The van der Waals surface area contributed by atoms with E-state index in [1.165, 1.54) is 0 Å². The second-order valence-corrected chi connectivity index (χ2v) is 21.7. The van der Waals surface area contributed by atoms with Crippen LogP contribution in [0.5, 0.6) is 0 Å². The van der Waals surface area contributed by atoms with E-state index in [0.717, 1.165) is 15.6 Å². The SMILES string of the molecule is C=C[Si]1(C)O[Si](C)(c2ccccc2)O[Si](C)(c2ccccc2)O[Si](C)(c2ccccc2)O1. The zero-order valence-electron chi connectivity index (χ0n) is 19.1. The molecule has 3 aromatic carbocycles. The molecule has 0 radical (unpaired) electrons. The van der Waals surface area contributed by atoms with Crippen molar-refractivity contribution in [2.45, 2.75) is 26.2 Å². The summed E-state index contributed by atoms with van der Waals surface area (Å²) in [6.45, 7) is 12.5. The molecule has 1 aliphatic heterocycles. The highest BCUT2D eigenvalue weighted by Gasteiger charge is 2.58. The van der Waals surface area contributed by atoms with Gasteiger partial charge in [-0.25, -0.2) is 0 Å².